The summed E-state index contributed by atoms with van der Waals surface area (Å²) in [6.45, 7) is 4.57. The molecule has 0 fully saturated rings. The van der Waals surface area contributed by atoms with Gasteiger partial charge in [0.2, 0.25) is 0 Å². The molecular weight excluding hydrogens is 302 g/mol. The van der Waals surface area contributed by atoms with Crippen molar-refractivity contribution in [1.29, 1.82) is 0 Å². The number of aliphatic hydroxyl groups is 1. The van der Waals surface area contributed by atoms with Gasteiger partial charge >= 0.3 is 5.97 Å². The van der Waals surface area contributed by atoms with E-state index < -0.39 is 5.60 Å². The molecule has 3 atom stereocenters. The number of hydrogen-bond acceptors (Lipinski definition) is 6. The van der Waals surface area contributed by atoms with Gasteiger partial charge in [-0.2, -0.15) is 11.8 Å². The summed E-state index contributed by atoms with van der Waals surface area (Å²) in [6, 6.07) is -0.296. The molecule has 0 radical (unpaired) electrons. The topological polar surface area (TPSA) is 67.8 Å². The molecule has 6 heteroatoms. The predicted octanol–water partition coefficient (Wildman–Crippen LogP) is 1.52. The third-order valence-corrected chi connectivity index (χ3v) is 4.17. The Balaban J connectivity index is 2.50. The van der Waals surface area contributed by atoms with Crippen LogP contribution in [0.4, 0.5) is 0 Å². The first-order chi connectivity index (χ1) is 10.4. The van der Waals surface area contributed by atoms with E-state index in [1.54, 1.807) is 32.7 Å². The van der Waals surface area contributed by atoms with Crippen LogP contribution >= 0.6 is 11.8 Å². The maximum atomic E-state index is 11.8. The van der Waals surface area contributed by atoms with Crippen LogP contribution in [0.1, 0.15) is 20.3 Å². The Labute approximate surface area is 137 Å². The maximum Gasteiger partial charge on any atom is 0.323 e. The summed E-state index contributed by atoms with van der Waals surface area (Å²) < 4.78 is 10.3. The van der Waals surface area contributed by atoms with Crippen molar-refractivity contribution < 1.29 is 19.4 Å². The highest BCUT2D eigenvalue weighted by atomic mass is 32.2. The Kier molecular flexibility index (Phi) is 8.17. The largest absolute Gasteiger partial charge is 0.465 e. The molecule has 0 aromatic rings. The second-order valence-corrected chi connectivity index (χ2v) is 6.34. The van der Waals surface area contributed by atoms with Gasteiger partial charge in [-0.05, 0) is 44.7 Å². The molecule has 0 aliphatic heterocycles. The first-order valence-electron chi connectivity index (χ1n) is 7.48. The van der Waals surface area contributed by atoms with Crippen molar-refractivity contribution in [2.24, 2.45) is 0 Å². The van der Waals surface area contributed by atoms with Crippen LogP contribution in [0.5, 0.6) is 0 Å². The molecule has 0 bridgehead atoms. The van der Waals surface area contributed by atoms with E-state index >= 15 is 0 Å². The molecule has 2 N–H and O–H groups in total. The van der Waals surface area contributed by atoms with Crippen LogP contribution in [-0.4, -0.2) is 61.1 Å². The monoisotopic (exact) mass is 329 g/mol. The van der Waals surface area contributed by atoms with Crippen LogP contribution in [0.15, 0.2) is 23.8 Å². The molecule has 0 spiro atoms. The summed E-state index contributed by atoms with van der Waals surface area (Å²) >= 11 is 1.60. The highest BCUT2D eigenvalue weighted by Crippen LogP contribution is 2.24. The van der Waals surface area contributed by atoms with Crippen molar-refractivity contribution in [3.8, 4) is 0 Å². The van der Waals surface area contributed by atoms with Crippen molar-refractivity contribution in [1.82, 2.24) is 5.32 Å². The van der Waals surface area contributed by atoms with Crippen LogP contribution in [0.25, 0.3) is 0 Å². The van der Waals surface area contributed by atoms with E-state index in [-0.39, 0.29) is 18.1 Å². The minimum atomic E-state index is -1.00. The Bertz CT molecular complexity index is 420. The highest BCUT2D eigenvalue weighted by molar-refractivity contribution is 7.98. The Morgan fingerprint density at radius 1 is 1.59 bits per heavy atom. The first kappa shape index (κ1) is 19.2. The van der Waals surface area contributed by atoms with Crippen LogP contribution in [0, 0.1) is 0 Å². The lowest BCUT2D eigenvalue weighted by Crippen LogP contribution is -2.41. The van der Waals surface area contributed by atoms with Gasteiger partial charge in [0, 0.05) is 12.9 Å². The molecule has 0 saturated carbocycles. The third-order valence-electron chi connectivity index (χ3n) is 3.50. The van der Waals surface area contributed by atoms with E-state index in [9.17, 15) is 9.90 Å². The molecule has 126 valence electrons. The van der Waals surface area contributed by atoms with Gasteiger partial charge in [0.05, 0.1) is 6.61 Å². The number of allylic oxidation sites excluding steroid dienone is 1. The zero-order valence-electron chi connectivity index (χ0n) is 13.8. The molecular formula is C16H27NO4S. The zero-order chi connectivity index (χ0) is 16.6. The SMILES string of the molecule is CCOC(=O)[C@@H](CSC)NCCC1=C[C@@](C)(O)C(OC)C=C1. The summed E-state index contributed by atoms with van der Waals surface area (Å²) in [5.41, 5.74) is 0.0242. The summed E-state index contributed by atoms with van der Waals surface area (Å²) in [5.74, 6) is 0.466. The smallest absolute Gasteiger partial charge is 0.323 e. The predicted molar refractivity (Wildman–Crippen MR) is 90.1 cm³/mol. The van der Waals surface area contributed by atoms with Crippen molar-refractivity contribution in [3.05, 3.63) is 23.8 Å². The van der Waals surface area contributed by atoms with E-state index in [4.69, 9.17) is 9.47 Å². The minimum absolute atomic E-state index is 0.212. The Morgan fingerprint density at radius 3 is 2.86 bits per heavy atom. The third kappa shape index (κ3) is 5.76. The maximum absolute atomic E-state index is 11.8. The Morgan fingerprint density at radius 2 is 2.32 bits per heavy atom. The average molecular weight is 329 g/mol. The van der Waals surface area contributed by atoms with Gasteiger partial charge in [-0.3, -0.25) is 4.79 Å². The zero-order valence-corrected chi connectivity index (χ0v) is 14.6. The molecule has 0 aromatic heterocycles. The molecule has 0 saturated heterocycles. The molecule has 0 aromatic carbocycles. The summed E-state index contributed by atoms with van der Waals surface area (Å²) in [5, 5.41) is 13.5. The molecule has 0 amide bonds. The fraction of sp³-hybridized carbons (Fsp3) is 0.688. The number of ether oxygens (including phenoxy) is 2. The Hall–Kier alpha value is -0.820. The van der Waals surface area contributed by atoms with Crippen LogP contribution in [-0.2, 0) is 14.3 Å². The van der Waals surface area contributed by atoms with Gasteiger partial charge < -0.3 is 19.9 Å². The van der Waals surface area contributed by atoms with E-state index in [1.807, 2.05) is 24.5 Å². The number of carbonyl (C=O) groups excluding carboxylic acids is 1. The molecule has 0 heterocycles. The lowest BCUT2D eigenvalue weighted by atomic mass is 9.89. The normalized spacial score (nSPS) is 25.7. The number of methoxy groups -OCH3 is 1. The van der Waals surface area contributed by atoms with Gasteiger partial charge in [0.1, 0.15) is 17.7 Å². The molecule has 1 unspecified atom stereocenters. The first-order valence-corrected chi connectivity index (χ1v) is 8.88. The standard InChI is InChI=1S/C16H27NO4S/c1-5-21-15(18)13(11-22-4)17-9-8-12-6-7-14(20-3)16(2,19)10-12/h6-7,10,13-14,17,19H,5,8-9,11H2,1-4H3/t13-,14?,16-/m1/s1. The van der Waals surface area contributed by atoms with Crippen LogP contribution in [0.3, 0.4) is 0 Å². The number of thioether (sulfide) groups is 1. The molecule has 5 nitrogen and oxygen atoms in total. The van der Waals surface area contributed by atoms with Gasteiger partial charge in [-0.25, -0.2) is 0 Å². The van der Waals surface area contributed by atoms with E-state index in [1.165, 1.54) is 0 Å². The van der Waals surface area contributed by atoms with E-state index in [0.29, 0.717) is 18.9 Å². The van der Waals surface area contributed by atoms with Gasteiger partial charge in [0.25, 0.3) is 0 Å². The van der Waals surface area contributed by atoms with Crippen molar-refractivity contribution in [2.75, 3.05) is 32.3 Å². The minimum Gasteiger partial charge on any atom is -0.465 e. The van der Waals surface area contributed by atoms with Crippen LogP contribution in [0.2, 0.25) is 0 Å². The molecule has 1 aliphatic rings. The van der Waals surface area contributed by atoms with Gasteiger partial charge in [-0.15, -0.1) is 0 Å². The second-order valence-electron chi connectivity index (χ2n) is 5.42. The quantitative estimate of drug-likeness (QED) is 0.625. The van der Waals surface area contributed by atoms with Crippen LogP contribution < -0.4 is 5.32 Å². The number of hydrogen-bond donors (Lipinski definition) is 2. The number of carbonyl (C=O) groups is 1. The van der Waals surface area contributed by atoms with Gasteiger partial charge in [-0.1, -0.05) is 12.2 Å². The fourth-order valence-corrected chi connectivity index (χ4v) is 2.98. The van der Waals surface area contributed by atoms with Crippen molar-refractivity contribution in [2.45, 2.75) is 38.0 Å². The van der Waals surface area contributed by atoms with Crippen molar-refractivity contribution >= 4 is 17.7 Å². The fourth-order valence-electron chi connectivity index (χ4n) is 2.39. The molecule has 1 aliphatic carbocycles. The van der Waals surface area contributed by atoms with E-state index in [2.05, 4.69) is 5.32 Å². The van der Waals surface area contributed by atoms with Crippen molar-refractivity contribution in [3.63, 3.8) is 0 Å². The summed E-state index contributed by atoms with van der Waals surface area (Å²) in [4.78, 5) is 11.8. The lowest BCUT2D eigenvalue weighted by molar-refractivity contribution is -0.144. The highest BCUT2D eigenvalue weighted by Gasteiger charge is 2.30. The van der Waals surface area contributed by atoms with E-state index in [0.717, 1.165) is 12.0 Å². The molecule has 22 heavy (non-hydrogen) atoms. The summed E-state index contributed by atoms with van der Waals surface area (Å²) in [6.07, 6.45) is 8.00. The lowest BCUT2D eigenvalue weighted by Gasteiger charge is -2.30. The number of esters is 1. The number of nitrogens with one attached hydrogen (secondary N) is 1. The summed E-state index contributed by atoms with van der Waals surface area (Å²) in [7, 11) is 1.58. The second kappa shape index (κ2) is 9.35. The van der Waals surface area contributed by atoms with Gasteiger partial charge in [0.15, 0.2) is 0 Å². The molecule has 1 rings (SSSR count). The number of rotatable bonds is 9. The average Bonchev–Trinajstić information content (AvgIpc) is 2.46.